The number of amides is 4. The van der Waals surface area contributed by atoms with Gasteiger partial charge in [-0.25, -0.2) is 0 Å². The lowest BCUT2D eigenvalue weighted by Crippen LogP contribution is -2.66. The minimum atomic E-state index is -0.973. The lowest BCUT2D eigenvalue weighted by Gasteiger charge is -2.46. The van der Waals surface area contributed by atoms with E-state index >= 15 is 0 Å². The van der Waals surface area contributed by atoms with Crippen LogP contribution < -0.4 is 21.1 Å². The van der Waals surface area contributed by atoms with Crippen LogP contribution in [0, 0.1) is 11.8 Å². The number of aromatic nitrogens is 1. The van der Waals surface area contributed by atoms with E-state index in [2.05, 4.69) is 15.6 Å². The molecular formula is C23H29N5O5. The molecule has 2 fully saturated rings. The molecule has 0 aliphatic carbocycles. The van der Waals surface area contributed by atoms with Gasteiger partial charge in [0.05, 0.1) is 7.11 Å². The Bertz CT molecular complexity index is 1100. The molecule has 0 saturated carbocycles. The van der Waals surface area contributed by atoms with E-state index in [9.17, 15) is 19.2 Å². The van der Waals surface area contributed by atoms with Gasteiger partial charge in [-0.3, -0.25) is 19.2 Å². The first-order chi connectivity index (χ1) is 15.8. The largest absolute Gasteiger partial charge is 0.496 e. The smallest absolute Gasteiger partial charge is 0.271 e. The molecule has 10 nitrogen and oxygen atoms in total. The predicted molar refractivity (Wildman–Crippen MR) is 120 cm³/mol. The summed E-state index contributed by atoms with van der Waals surface area (Å²) >= 11 is 0. The number of nitrogens with two attached hydrogens (primary N) is 1. The van der Waals surface area contributed by atoms with Crippen molar-refractivity contribution in [3.05, 3.63) is 30.0 Å². The van der Waals surface area contributed by atoms with E-state index in [4.69, 9.17) is 10.5 Å². The number of nitrogens with one attached hydrogen (secondary N) is 3. The number of H-pyrrole nitrogens is 1. The first kappa shape index (κ1) is 22.6. The van der Waals surface area contributed by atoms with Gasteiger partial charge in [-0.15, -0.1) is 0 Å². The van der Waals surface area contributed by atoms with Crippen LogP contribution in [0.2, 0.25) is 0 Å². The summed E-state index contributed by atoms with van der Waals surface area (Å²) in [5, 5.41) is 6.19. The van der Waals surface area contributed by atoms with Gasteiger partial charge in [-0.05, 0) is 37.5 Å². The highest BCUT2D eigenvalue weighted by Crippen LogP contribution is 2.32. The molecule has 4 rings (SSSR count). The minimum Gasteiger partial charge on any atom is -0.496 e. The number of methoxy groups -OCH3 is 1. The zero-order valence-corrected chi connectivity index (χ0v) is 18.7. The summed E-state index contributed by atoms with van der Waals surface area (Å²) in [5.41, 5.74) is 6.62. The lowest BCUT2D eigenvalue weighted by molar-refractivity contribution is -0.137. The molecule has 2 saturated heterocycles. The number of hydrogen-bond acceptors (Lipinski definition) is 5. The second-order valence-corrected chi connectivity index (χ2v) is 8.65. The maximum absolute atomic E-state index is 13.2. The second kappa shape index (κ2) is 9.13. The van der Waals surface area contributed by atoms with Crippen LogP contribution in [0.1, 0.15) is 36.7 Å². The number of aromatic amines is 1. The molecule has 1 aromatic heterocycles. The number of rotatable bonds is 8. The Kier molecular flexibility index (Phi) is 6.26. The topological polar surface area (TPSA) is 147 Å². The minimum absolute atomic E-state index is 0.0313. The normalized spacial score (nSPS) is 23.0. The summed E-state index contributed by atoms with van der Waals surface area (Å²) in [7, 11) is 1.56. The molecule has 0 radical (unpaired) electrons. The maximum atomic E-state index is 13.2. The molecule has 10 heteroatoms. The highest BCUT2D eigenvalue weighted by atomic mass is 16.5. The number of fused-ring (bicyclic) bond motifs is 1. The predicted octanol–water partition coefficient (Wildman–Crippen LogP) is 0.523. The van der Waals surface area contributed by atoms with Gasteiger partial charge in [-0.2, -0.15) is 0 Å². The van der Waals surface area contributed by atoms with E-state index in [0.29, 0.717) is 37.4 Å². The van der Waals surface area contributed by atoms with Crippen LogP contribution in [0.5, 0.6) is 5.75 Å². The lowest BCUT2D eigenvalue weighted by atomic mass is 9.84. The zero-order chi connectivity index (χ0) is 23.7. The maximum Gasteiger partial charge on any atom is 0.271 e. The van der Waals surface area contributed by atoms with Gasteiger partial charge in [0.2, 0.25) is 17.7 Å². The molecule has 176 valence electrons. The molecular weight excluding hydrogens is 426 g/mol. The molecule has 0 bridgehead atoms. The van der Waals surface area contributed by atoms with Crippen molar-refractivity contribution in [1.29, 1.82) is 0 Å². The quantitative estimate of drug-likeness (QED) is 0.458. The van der Waals surface area contributed by atoms with Crippen LogP contribution in [0.4, 0.5) is 0 Å². The number of benzene rings is 1. The summed E-state index contributed by atoms with van der Waals surface area (Å²) in [6.07, 6.45) is 1.44. The standard InChI is InChI=1S/C23H29N5O5/c1-3-12-11-28(23(32)17-10-14-15(26-17)5-4-6-18(14)33-2)19(12)22(31)27-16(20(24)29)9-13-7-8-25-21(13)30/h4-6,10,12-13,16,19,26H,3,7-9,11H2,1-2H3,(H2,24,29)(H,25,30)(H,27,31)/t12-,13-,16-,19?/m0/s1. The van der Waals surface area contributed by atoms with Gasteiger partial charge < -0.3 is 31.0 Å². The summed E-state index contributed by atoms with van der Waals surface area (Å²) in [5.74, 6) is -1.33. The first-order valence-electron chi connectivity index (χ1n) is 11.2. The van der Waals surface area contributed by atoms with Crippen LogP contribution in [-0.2, 0) is 14.4 Å². The van der Waals surface area contributed by atoms with Crippen LogP contribution >= 0.6 is 0 Å². The molecule has 33 heavy (non-hydrogen) atoms. The zero-order valence-electron chi connectivity index (χ0n) is 18.7. The van der Waals surface area contributed by atoms with Crippen molar-refractivity contribution in [3.63, 3.8) is 0 Å². The Hall–Kier alpha value is -3.56. The number of ether oxygens (including phenoxy) is 1. The van der Waals surface area contributed by atoms with Crippen LogP contribution in [0.15, 0.2) is 24.3 Å². The highest BCUT2D eigenvalue weighted by molar-refractivity contribution is 6.02. The van der Waals surface area contributed by atoms with Gasteiger partial charge in [0.15, 0.2) is 0 Å². The monoisotopic (exact) mass is 455 g/mol. The van der Waals surface area contributed by atoms with Crippen molar-refractivity contribution < 1.29 is 23.9 Å². The average Bonchev–Trinajstić information content (AvgIpc) is 3.38. The number of carbonyl (C=O) groups excluding carboxylic acids is 4. The molecule has 1 aromatic carbocycles. The Labute approximate surface area is 191 Å². The van der Waals surface area contributed by atoms with E-state index < -0.39 is 23.9 Å². The molecule has 2 aromatic rings. The summed E-state index contributed by atoms with van der Waals surface area (Å²) in [6.45, 7) is 2.93. The fourth-order valence-electron chi connectivity index (χ4n) is 4.73. The van der Waals surface area contributed by atoms with E-state index in [1.165, 1.54) is 4.90 Å². The third kappa shape index (κ3) is 4.24. The van der Waals surface area contributed by atoms with Gasteiger partial charge in [-0.1, -0.05) is 13.0 Å². The number of likely N-dealkylation sites (tertiary alicyclic amines) is 1. The number of carbonyl (C=O) groups is 4. The van der Waals surface area contributed by atoms with Crippen molar-refractivity contribution in [2.24, 2.45) is 17.6 Å². The highest BCUT2D eigenvalue weighted by Gasteiger charge is 2.47. The Morgan fingerprint density at radius 2 is 2.12 bits per heavy atom. The average molecular weight is 456 g/mol. The number of primary amides is 1. The van der Waals surface area contributed by atoms with Gasteiger partial charge >= 0.3 is 0 Å². The molecule has 0 spiro atoms. The van der Waals surface area contributed by atoms with E-state index in [1.807, 2.05) is 25.1 Å². The van der Waals surface area contributed by atoms with Crippen LogP contribution in [-0.4, -0.2) is 65.8 Å². The third-order valence-corrected chi connectivity index (χ3v) is 6.68. The van der Waals surface area contributed by atoms with Crippen molar-refractivity contribution in [2.75, 3.05) is 20.2 Å². The molecule has 2 aliphatic heterocycles. The van der Waals surface area contributed by atoms with E-state index in [-0.39, 0.29) is 30.1 Å². The van der Waals surface area contributed by atoms with Gasteiger partial charge in [0, 0.05) is 35.8 Å². The molecule has 4 amide bonds. The Morgan fingerprint density at radius 3 is 2.76 bits per heavy atom. The first-order valence-corrected chi connectivity index (χ1v) is 11.2. The molecule has 3 heterocycles. The van der Waals surface area contributed by atoms with Crippen molar-refractivity contribution in [2.45, 2.75) is 38.3 Å². The van der Waals surface area contributed by atoms with E-state index in [1.54, 1.807) is 13.2 Å². The SMILES string of the molecule is CC[C@H]1CN(C(=O)c2cc3c(OC)cccc3[nH]2)C1C(=O)N[C@@H](C[C@@H]1CCNC1=O)C(N)=O. The molecule has 4 atom stereocenters. The Morgan fingerprint density at radius 1 is 1.33 bits per heavy atom. The van der Waals surface area contributed by atoms with Gasteiger partial charge in [0.25, 0.3) is 5.91 Å². The van der Waals surface area contributed by atoms with Crippen molar-refractivity contribution >= 4 is 34.5 Å². The van der Waals surface area contributed by atoms with Crippen LogP contribution in [0.3, 0.4) is 0 Å². The van der Waals surface area contributed by atoms with Gasteiger partial charge in [0.1, 0.15) is 23.5 Å². The summed E-state index contributed by atoms with van der Waals surface area (Å²) in [6, 6.07) is 5.52. The van der Waals surface area contributed by atoms with E-state index in [0.717, 1.165) is 10.9 Å². The van der Waals surface area contributed by atoms with Crippen LogP contribution in [0.25, 0.3) is 10.9 Å². The molecule has 5 N–H and O–H groups in total. The fraction of sp³-hybridized carbons (Fsp3) is 0.478. The fourth-order valence-corrected chi connectivity index (χ4v) is 4.73. The number of hydrogen-bond donors (Lipinski definition) is 4. The molecule has 2 aliphatic rings. The summed E-state index contributed by atoms with van der Waals surface area (Å²) in [4.78, 5) is 54.9. The molecule has 1 unspecified atom stereocenters. The van der Waals surface area contributed by atoms with Crippen molar-refractivity contribution in [1.82, 2.24) is 20.5 Å². The number of nitrogens with zero attached hydrogens (tertiary/aromatic N) is 1. The summed E-state index contributed by atoms with van der Waals surface area (Å²) < 4.78 is 5.36. The van der Waals surface area contributed by atoms with Crippen molar-refractivity contribution in [3.8, 4) is 5.75 Å². The second-order valence-electron chi connectivity index (χ2n) is 8.65. The third-order valence-electron chi connectivity index (χ3n) is 6.68. The Balaban J connectivity index is 1.50.